The Morgan fingerprint density at radius 2 is 0.731 bits per heavy atom. The molecule has 67 heavy (non-hydrogen) atoms. The molecule has 6 rings (SSSR count). The van der Waals surface area contributed by atoms with Crippen LogP contribution < -0.4 is 0 Å². The van der Waals surface area contributed by atoms with Crippen LogP contribution in [0, 0.1) is 17.8 Å². The number of methoxy groups -OCH3 is 3. The molecule has 0 heterocycles. The lowest BCUT2D eigenvalue weighted by Crippen LogP contribution is -2.25. The third kappa shape index (κ3) is 17.6. The van der Waals surface area contributed by atoms with Gasteiger partial charge in [0, 0.05) is 0 Å². The molecule has 0 aliphatic heterocycles. The summed E-state index contributed by atoms with van der Waals surface area (Å²) >= 11 is 0. The topological polar surface area (TPSA) is 158 Å². The van der Waals surface area contributed by atoms with Gasteiger partial charge in [-0.3, -0.25) is 14.4 Å². The number of ether oxygens (including phenoxy) is 6. The number of aryl methyl sites for hydroxylation is 3. The zero-order chi connectivity index (χ0) is 47.8. The lowest BCUT2D eigenvalue weighted by Gasteiger charge is -2.23. The van der Waals surface area contributed by atoms with Gasteiger partial charge in [0.25, 0.3) is 0 Å². The average molecular weight is 929 g/mol. The Labute approximate surface area is 399 Å². The molecule has 0 saturated carbocycles. The van der Waals surface area contributed by atoms with E-state index in [2.05, 4.69) is 13.8 Å². The minimum atomic E-state index is -0.322. The van der Waals surface area contributed by atoms with Crippen LogP contribution in [0.4, 0.5) is 0 Å². The summed E-state index contributed by atoms with van der Waals surface area (Å²) in [5, 5.41) is 0. The summed E-state index contributed by atoms with van der Waals surface area (Å²) in [4.78, 5) is 70.8. The van der Waals surface area contributed by atoms with Crippen LogP contribution in [-0.2, 0) is 81.3 Å². The fourth-order valence-electron chi connectivity index (χ4n) is 8.56. The van der Waals surface area contributed by atoms with Gasteiger partial charge in [0.1, 0.15) is 0 Å². The number of carbonyl (C=O) groups is 6. The second-order valence-corrected chi connectivity index (χ2v) is 17.4. The molecule has 3 aliphatic carbocycles. The summed E-state index contributed by atoms with van der Waals surface area (Å²) in [6.45, 7) is 7.85. The normalized spacial score (nSPS) is 16.5. The first kappa shape index (κ1) is 55.8. The predicted molar refractivity (Wildman–Crippen MR) is 258 cm³/mol. The van der Waals surface area contributed by atoms with Crippen molar-refractivity contribution in [2.75, 3.05) is 41.2 Å². The number of unbranched alkanes of at least 4 members (excludes halogenated alkanes) is 6. The fraction of sp³-hybridized carbons (Fsp3) is 0.564. The van der Waals surface area contributed by atoms with Crippen LogP contribution in [0.15, 0.2) is 54.6 Å². The highest BCUT2D eigenvalue weighted by atomic mass is 16.5. The van der Waals surface area contributed by atoms with Gasteiger partial charge in [-0.05, 0) is 147 Å². The Morgan fingerprint density at radius 3 is 1.06 bits per heavy atom. The maximum absolute atomic E-state index is 12.2. The van der Waals surface area contributed by atoms with Crippen molar-refractivity contribution in [3.63, 3.8) is 0 Å². The Hall–Kier alpha value is -5.52. The van der Waals surface area contributed by atoms with E-state index < -0.39 is 0 Å². The van der Waals surface area contributed by atoms with Crippen molar-refractivity contribution < 1.29 is 57.2 Å². The first-order chi connectivity index (χ1) is 32.0. The number of esters is 6. The van der Waals surface area contributed by atoms with E-state index in [1.807, 2.05) is 43.3 Å². The van der Waals surface area contributed by atoms with Crippen LogP contribution >= 0.6 is 0 Å². The van der Waals surface area contributed by atoms with Crippen LogP contribution in [-0.4, -0.2) is 77.0 Å². The highest BCUT2D eigenvalue weighted by Crippen LogP contribution is 2.30. The second kappa shape index (κ2) is 30.0. The maximum Gasteiger partial charge on any atom is 0.337 e. The highest BCUT2D eigenvalue weighted by molar-refractivity contribution is 5.91. The predicted octanol–water partition coefficient (Wildman–Crippen LogP) is 10.6. The summed E-state index contributed by atoms with van der Waals surface area (Å²) in [6.07, 6.45) is 16.6. The van der Waals surface area contributed by atoms with Gasteiger partial charge in [-0.15, -0.1) is 0 Å². The van der Waals surface area contributed by atoms with E-state index in [9.17, 15) is 28.8 Å². The number of benzene rings is 3. The van der Waals surface area contributed by atoms with Crippen molar-refractivity contribution in [3.8, 4) is 0 Å². The molecule has 3 aromatic rings. The average Bonchev–Trinajstić information content (AvgIpc) is 3.36. The first-order valence-corrected chi connectivity index (χ1v) is 24.1. The number of fused-ring (bicyclic) bond motifs is 3. The van der Waals surface area contributed by atoms with Crippen molar-refractivity contribution in [2.24, 2.45) is 17.8 Å². The monoisotopic (exact) mass is 929 g/mol. The van der Waals surface area contributed by atoms with Crippen LogP contribution in [0.2, 0.25) is 0 Å². The van der Waals surface area contributed by atoms with E-state index in [-0.39, 0.29) is 61.0 Å². The molecule has 3 aliphatic rings. The molecular formula is C55H76O12. The van der Waals surface area contributed by atoms with Gasteiger partial charge in [-0.1, -0.05) is 84.9 Å². The highest BCUT2D eigenvalue weighted by Gasteiger charge is 2.29. The zero-order valence-electron chi connectivity index (χ0n) is 40.2. The molecule has 12 nitrogen and oxygen atoms in total. The molecule has 0 spiro atoms. The molecule has 3 unspecified atom stereocenters. The minimum Gasteiger partial charge on any atom is -0.465 e. The van der Waals surface area contributed by atoms with Crippen LogP contribution in [0.1, 0.15) is 170 Å². The molecule has 3 atom stereocenters. The van der Waals surface area contributed by atoms with Crippen molar-refractivity contribution in [2.45, 2.75) is 144 Å². The first-order valence-electron chi connectivity index (χ1n) is 24.1. The molecular weight excluding hydrogens is 853 g/mol. The minimum absolute atomic E-state index is 0. The molecule has 0 bridgehead atoms. The van der Waals surface area contributed by atoms with E-state index >= 15 is 0 Å². The number of carbonyl (C=O) groups excluding carboxylic acids is 6. The Kier molecular flexibility index (Phi) is 25.0. The Balaban J connectivity index is 0.000000266. The Bertz CT molecular complexity index is 2070. The largest absolute Gasteiger partial charge is 0.465 e. The van der Waals surface area contributed by atoms with Crippen LogP contribution in [0.25, 0.3) is 0 Å². The summed E-state index contributed by atoms with van der Waals surface area (Å²) in [7, 11) is 4.14. The van der Waals surface area contributed by atoms with Crippen molar-refractivity contribution >= 4 is 35.8 Å². The molecule has 0 amide bonds. The van der Waals surface area contributed by atoms with E-state index in [0.29, 0.717) is 55.8 Å². The van der Waals surface area contributed by atoms with E-state index in [4.69, 9.17) is 28.4 Å². The number of hydrogen-bond acceptors (Lipinski definition) is 12. The smallest absolute Gasteiger partial charge is 0.337 e. The van der Waals surface area contributed by atoms with Gasteiger partial charge in [0.2, 0.25) is 0 Å². The molecule has 12 heteroatoms. The van der Waals surface area contributed by atoms with Gasteiger partial charge in [-0.25, -0.2) is 14.4 Å². The summed E-state index contributed by atoms with van der Waals surface area (Å²) < 4.78 is 30.2. The van der Waals surface area contributed by atoms with Crippen molar-refractivity contribution in [1.29, 1.82) is 0 Å². The molecule has 0 radical (unpaired) electrons. The van der Waals surface area contributed by atoms with Gasteiger partial charge in [0.05, 0.1) is 75.6 Å². The summed E-state index contributed by atoms with van der Waals surface area (Å²) in [6, 6.07) is 16.7. The van der Waals surface area contributed by atoms with Gasteiger partial charge >= 0.3 is 35.8 Å². The lowest BCUT2D eigenvalue weighted by atomic mass is 9.83. The van der Waals surface area contributed by atoms with E-state index in [0.717, 1.165) is 110 Å². The fourth-order valence-corrected chi connectivity index (χ4v) is 8.56. The summed E-state index contributed by atoms with van der Waals surface area (Å²) in [5.41, 5.74) is 8.52. The molecule has 0 fully saturated rings. The van der Waals surface area contributed by atoms with E-state index in [1.54, 1.807) is 18.2 Å². The van der Waals surface area contributed by atoms with E-state index in [1.165, 1.54) is 40.6 Å². The zero-order valence-corrected chi connectivity index (χ0v) is 40.2. The lowest BCUT2D eigenvalue weighted by molar-refractivity contribution is -0.150. The standard InChI is InChI=1S/C20H28O4.C18H24O4.C16H20O4.CH4/c1-3-4-5-6-7-12-24-20(22)18-11-9-15-13-17(19(21)23-2)10-8-16(15)14-18;1-3-4-5-10-22-18(20)16-9-7-13-11-15(17(19)21-2)8-6-14(13)12-16;1-3-8-20-16(18)14-7-5-11-9-13(15(17)19-2)6-4-12(11)10-14;/h8,10,13,18H,3-7,9,11-12,14H2,1-2H3;6,8,11,16H,3-5,7,9-10,12H2,1-2H3;4,6,9,14H,3,5,7-8,10H2,1-2H3;1H4. The second-order valence-electron chi connectivity index (χ2n) is 17.4. The third-order valence-corrected chi connectivity index (χ3v) is 12.5. The van der Waals surface area contributed by atoms with Gasteiger partial charge in [0.15, 0.2) is 0 Å². The number of rotatable bonds is 18. The maximum atomic E-state index is 12.2. The third-order valence-electron chi connectivity index (χ3n) is 12.5. The molecule has 0 aromatic heterocycles. The molecule has 368 valence electrons. The van der Waals surface area contributed by atoms with Crippen molar-refractivity contribution in [1.82, 2.24) is 0 Å². The quantitative estimate of drug-likeness (QED) is 0.0676. The summed E-state index contributed by atoms with van der Waals surface area (Å²) in [5.74, 6) is -1.39. The Morgan fingerprint density at radius 1 is 0.418 bits per heavy atom. The van der Waals surface area contributed by atoms with Crippen LogP contribution in [0.3, 0.4) is 0 Å². The van der Waals surface area contributed by atoms with Gasteiger partial charge in [-0.2, -0.15) is 0 Å². The number of hydrogen-bond donors (Lipinski definition) is 0. The van der Waals surface area contributed by atoms with Crippen molar-refractivity contribution in [3.05, 3.63) is 105 Å². The van der Waals surface area contributed by atoms with Gasteiger partial charge < -0.3 is 28.4 Å². The van der Waals surface area contributed by atoms with Crippen LogP contribution in [0.5, 0.6) is 0 Å². The molecule has 3 aromatic carbocycles. The SMILES string of the molecule is C.CCCCCCCOC(=O)C1CCc2cc(C(=O)OC)ccc2C1.CCCCCOC(=O)C1CCc2cc(C(=O)OC)ccc2C1.CCCOC(=O)C1CCc2cc(C(=O)OC)ccc2C1. The molecule has 0 N–H and O–H groups in total. The molecule has 0 saturated heterocycles.